The third-order valence-corrected chi connectivity index (χ3v) is 7.04. The van der Waals surface area contributed by atoms with Crippen molar-refractivity contribution in [3.8, 4) is 6.01 Å². The molecule has 8 nitrogen and oxygen atoms in total. The van der Waals surface area contributed by atoms with Crippen LogP contribution in [0.5, 0.6) is 6.01 Å². The number of aromatic nitrogens is 3. The molecule has 2 aromatic rings. The van der Waals surface area contributed by atoms with Crippen molar-refractivity contribution in [2.75, 3.05) is 34.4 Å². The van der Waals surface area contributed by atoms with Crippen molar-refractivity contribution in [1.82, 2.24) is 19.9 Å². The molecule has 10 heteroatoms. The number of halogens is 2. The van der Waals surface area contributed by atoms with E-state index in [1.165, 1.54) is 65.4 Å². The van der Waals surface area contributed by atoms with E-state index < -0.39 is 5.82 Å². The Labute approximate surface area is 260 Å². The van der Waals surface area contributed by atoms with Gasteiger partial charge in [-0.1, -0.05) is 98.1 Å². The number of ether oxygens (including phenoxy) is 2. The number of carbonyl (C=O) groups excluding carboxylic acids is 1. The van der Waals surface area contributed by atoms with E-state index in [9.17, 15) is 9.18 Å². The molecule has 0 amide bonds. The molecule has 1 aliphatic rings. The number of likely N-dealkylation sites (tertiary alicyclic amines) is 1. The van der Waals surface area contributed by atoms with E-state index in [1.807, 2.05) is 25.8 Å². The maximum Gasteiger partial charge on any atom is 0.323 e. The summed E-state index contributed by atoms with van der Waals surface area (Å²) >= 11 is 5.55. The molecule has 2 N–H and O–H groups in total. The van der Waals surface area contributed by atoms with Crippen LogP contribution < -0.4 is 10.5 Å². The fourth-order valence-electron chi connectivity index (χ4n) is 3.89. The van der Waals surface area contributed by atoms with Gasteiger partial charge in [-0.25, -0.2) is 9.37 Å². The van der Waals surface area contributed by atoms with Crippen molar-refractivity contribution in [3.05, 3.63) is 22.9 Å². The molecule has 2 unspecified atom stereocenters. The molecule has 0 aromatic carbocycles. The molecule has 0 aliphatic carbocycles. The second-order valence-electron chi connectivity index (χ2n) is 10.1. The Morgan fingerprint density at radius 3 is 2.24 bits per heavy atom. The van der Waals surface area contributed by atoms with E-state index in [0.717, 1.165) is 38.3 Å². The lowest BCUT2D eigenvalue weighted by Gasteiger charge is -2.15. The SMILES string of the molecule is CC.CCCCCCCC(C)CC.CCCN.COC(=O)C1CCCN1C.COc1nc(C)c2cnc(Cl)c(F)c2n1. The van der Waals surface area contributed by atoms with Crippen molar-refractivity contribution in [2.24, 2.45) is 11.7 Å². The summed E-state index contributed by atoms with van der Waals surface area (Å²) in [6.07, 6.45) is 14.5. The smallest absolute Gasteiger partial charge is 0.323 e. The number of nitrogens with two attached hydrogens (primary N) is 1. The second kappa shape index (κ2) is 26.5. The Balaban J connectivity index is 0. The first-order valence-electron chi connectivity index (χ1n) is 15.6. The van der Waals surface area contributed by atoms with Gasteiger partial charge in [-0.15, -0.1) is 0 Å². The average molecular weight is 616 g/mol. The molecule has 0 spiro atoms. The first-order chi connectivity index (χ1) is 20.1. The van der Waals surface area contributed by atoms with Gasteiger partial charge in [0.05, 0.1) is 19.9 Å². The minimum atomic E-state index is -0.655. The zero-order valence-corrected chi connectivity index (χ0v) is 28.8. The van der Waals surface area contributed by atoms with Crippen LogP contribution >= 0.6 is 11.6 Å². The minimum Gasteiger partial charge on any atom is -0.468 e. The average Bonchev–Trinajstić information content (AvgIpc) is 3.45. The summed E-state index contributed by atoms with van der Waals surface area (Å²) in [4.78, 5) is 24.6. The highest BCUT2D eigenvalue weighted by atomic mass is 35.5. The van der Waals surface area contributed by atoms with Crippen molar-refractivity contribution in [2.45, 2.75) is 119 Å². The van der Waals surface area contributed by atoms with Crippen LogP contribution in [-0.4, -0.2) is 66.2 Å². The van der Waals surface area contributed by atoms with Crippen molar-refractivity contribution in [1.29, 1.82) is 0 Å². The number of pyridine rings is 1. The van der Waals surface area contributed by atoms with Gasteiger partial charge in [-0.05, 0) is 52.2 Å². The Hall–Kier alpha value is -2.10. The molecule has 3 rings (SSSR count). The molecule has 3 heterocycles. The predicted molar refractivity (Wildman–Crippen MR) is 175 cm³/mol. The molecule has 0 bridgehead atoms. The van der Waals surface area contributed by atoms with E-state index in [1.54, 1.807) is 6.92 Å². The topological polar surface area (TPSA) is 103 Å². The summed E-state index contributed by atoms with van der Waals surface area (Å²) < 4.78 is 23.0. The highest BCUT2D eigenvalue weighted by Gasteiger charge is 2.28. The number of methoxy groups -OCH3 is 2. The Bertz CT molecular complexity index is 965. The summed E-state index contributed by atoms with van der Waals surface area (Å²) in [7, 11) is 4.81. The third-order valence-electron chi connectivity index (χ3n) is 6.77. The fraction of sp³-hybridized carbons (Fsp3) is 0.750. The first-order valence-corrected chi connectivity index (χ1v) is 16.0. The lowest BCUT2D eigenvalue weighted by Crippen LogP contribution is -2.33. The molecular weight excluding hydrogens is 557 g/mol. The van der Waals surface area contributed by atoms with Crippen LogP contribution in [0.4, 0.5) is 4.39 Å². The Morgan fingerprint density at radius 1 is 1.14 bits per heavy atom. The molecular formula is C32H59ClFN5O3. The summed E-state index contributed by atoms with van der Waals surface area (Å²) in [5.41, 5.74) is 5.75. The van der Waals surface area contributed by atoms with Crippen LogP contribution in [0, 0.1) is 18.7 Å². The van der Waals surface area contributed by atoms with Gasteiger partial charge >= 0.3 is 12.0 Å². The van der Waals surface area contributed by atoms with Crippen LogP contribution in [0.3, 0.4) is 0 Å². The zero-order chi connectivity index (χ0) is 32.5. The summed E-state index contributed by atoms with van der Waals surface area (Å²) in [5.74, 6) is 0.203. The predicted octanol–water partition coefficient (Wildman–Crippen LogP) is 8.16. The Morgan fingerprint density at radius 2 is 1.76 bits per heavy atom. The molecule has 1 fully saturated rings. The van der Waals surface area contributed by atoms with Crippen molar-refractivity contribution in [3.63, 3.8) is 0 Å². The first kappa shape index (κ1) is 42.0. The normalized spacial score (nSPS) is 14.5. The van der Waals surface area contributed by atoms with Crippen LogP contribution in [0.15, 0.2) is 6.20 Å². The number of hydrogen-bond donors (Lipinski definition) is 1. The van der Waals surface area contributed by atoms with Crippen LogP contribution in [0.1, 0.15) is 111 Å². The summed E-state index contributed by atoms with van der Waals surface area (Å²) in [6.45, 7) is 16.5. The molecule has 1 aliphatic heterocycles. The number of carbonyl (C=O) groups is 1. The van der Waals surface area contributed by atoms with Gasteiger partial charge < -0.3 is 15.2 Å². The number of likely N-dealkylation sites (N-methyl/N-ethyl adjacent to an activating group) is 1. The fourth-order valence-corrected chi connectivity index (χ4v) is 4.03. The standard InChI is InChI=1S/C11H24.C9H7ClFN3O.C7H13NO2.C3H9N.C2H6/c1-4-6-7-8-9-10-11(3)5-2;1-4-5-3-12-8(10)6(11)7(5)14-9(13-4)15-2;1-8-5-3-4-6(8)7(9)10-2;1-2-3-4;1-2/h11H,4-10H2,1-3H3;3H,1-2H3;6H,3-5H2,1-2H3;2-4H2,1H3;1-2H3. The zero-order valence-electron chi connectivity index (χ0n) is 28.1. The molecule has 2 aromatic heterocycles. The molecule has 244 valence electrons. The van der Waals surface area contributed by atoms with Crippen molar-refractivity contribution < 1.29 is 18.7 Å². The van der Waals surface area contributed by atoms with Crippen LogP contribution in [0.25, 0.3) is 10.9 Å². The minimum absolute atomic E-state index is 0.0185. The summed E-state index contributed by atoms with van der Waals surface area (Å²) in [6, 6.07) is 0.131. The van der Waals surface area contributed by atoms with E-state index >= 15 is 0 Å². The van der Waals surface area contributed by atoms with Gasteiger partial charge in [0, 0.05) is 11.6 Å². The molecule has 0 saturated carbocycles. The number of fused-ring (bicyclic) bond motifs is 1. The van der Waals surface area contributed by atoms with Gasteiger partial charge in [0.15, 0.2) is 11.0 Å². The molecule has 42 heavy (non-hydrogen) atoms. The van der Waals surface area contributed by atoms with Gasteiger partial charge in [0.25, 0.3) is 0 Å². The quantitative estimate of drug-likeness (QED) is 0.162. The number of hydrogen-bond acceptors (Lipinski definition) is 8. The lowest BCUT2D eigenvalue weighted by molar-refractivity contribution is -0.145. The maximum absolute atomic E-state index is 13.6. The Kier molecular flexibility index (Phi) is 26.5. The molecule has 2 atom stereocenters. The summed E-state index contributed by atoms with van der Waals surface area (Å²) in [5, 5.41) is 0.320. The highest BCUT2D eigenvalue weighted by molar-refractivity contribution is 6.30. The van der Waals surface area contributed by atoms with Gasteiger partial charge in [-0.3, -0.25) is 9.69 Å². The van der Waals surface area contributed by atoms with Gasteiger partial charge in [0.1, 0.15) is 11.6 Å². The second-order valence-corrected chi connectivity index (χ2v) is 10.4. The van der Waals surface area contributed by atoms with Gasteiger partial charge in [-0.2, -0.15) is 9.97 Å². The largest absolute Gasteiger partial charge is 0.468 e. The van der Waals surface area contributed by atoms with E-state index in [2.05, 4.69) is 47.4 Å². The van der Waals surface area contributed by atoms with E-state index in [4.69, 9.17) is 22.1 Å². The van der Waals surface area contributed by atoms with Crippen molar-refractivity contribution >= 4 is 28.5 Å². The lowest BCUT2D eigenvalue weighted by atomic mass is 10.0. The monoisotopic (exact) mass is 615 g/mol. The number of aryl methyl sites for hydroxylation is 1. The maximum atomic E-state index is 13.6. The number of esters is 1. The van der Waals surface area contributed by atoms with Crippen LogP contribution in [0.2, 0.25) is 5.15 Å². The third kappa shape index (κ3) is 17.1. The molecule has 1 saturated heterocycles. The number of nitrogens with zero attached hydrogens (tertiary/aromatic N) is 4. The van der Waals surface area contributed by atoms with Gasteiger partial charge in [0.2, 0.25) is 0 Å². The number of unbranched alkanes of at least 4 members (excludes halogenated alkanes) is 4. The van der Waals surface area contributed by atoms with E-state index in [-0.39, 0.29) is 28.7 Å². The highest BCUT2D eigenvalue weighted by Crippen LogP contribution is 2.23. The molecule has 0 radical (unpaired) electrons. The number of rotatable bonds is 10. The van der Waals surface area contributed by atoms with E-state index in [0.29, 0.717) is 11.1 Å². The van der Waals surface area contributed by atoms with Crippen LogP contribution in [-0.2, 0) is 9.53 Å².